The highest BCUT2D eigenvalue weighted by Gasteiger charge is 2.26. The molecule has 1 aliphatic rings. The van der Waals surface area contributed by atoms with Gasteiger partial charge >= 0.3 is 0 Å². The van der Waals surface area contributed by atoms with Gasteiger partial charge in [-0.2, -0.15) is 5.10 Å². The molecular formula is C16H20N4O3S. The van der Waals surface area contributed by atoms with Gasteiger partial charge in [-0.1, -0.05) is 18.2 Å². The topological polar surface area (TPSA) is 84.3 Å². The molecular weight excluding hydrogens is 328 g/mol. The molecule has 0 radical (unpaired) electrons. The van der Waals surface area contributed by atoms with E-state index in [-0.39, 0.29) is 11.9 Å². The lowest BCUT2D eigenvalue weighted by atomic mass is 10.1. The van der Waals surface area contributed by atoms with Crippen molar-refractivity contribution in [3.63, 3.8) is 0 Å². The van der Waals surface area contributed by atoms with E-state index in [1.54, 1.807) is 22.0 Å². The summed E-state index contributed by atoms with van der Waals surface area (Å²) in [6, 6.07) is 9.32. The Kier molecular flexibility index (Phi) is 4.68. The van der Waals surface area contributed by atoms with Gasteiger partial charge < -0.3 is 4.90 Å². The lowest BCUT2D eigenvalue weighted by Crippen LogP contribution is -2.49. The molecule has 0 aliphatic carbocycles. The maximum atomic E-state index is 12.7. The zero-order chi connectivity index (χ0) is 17.2. The van der Waals surface area contributed by atoms with Crippen LogP contribution < -0.4 is 4.72 Å². The highest BCUT2D eigenvalue weighted by Crippen LogP contribution is 2.15. The molecule has 1 atom stereocenters. The number of para-hydroxylation sites is 1. The number of likely N-dealkylation sites (tertiary alicyclic amines) is 1. The van der Waals surface area contributed by atoms with E-state index in [0.29, 0.717) is 18.7 Å². The third-order valence-electron chi connectivity index (χ3n) is 3.94. The molecule has 1 aromatic heterocycles. The van der Waals surface area contributed by atoms with Gasteiger partial charge in [0.1, 0.15) is 0 Å². The molecule has 7 nitrogen and oxygen atoms in total. The number of sulfonamides is 1. The van der Waals surface area contributed by atoms with Crippen molar-refractivity contribution in [2.75, 3.05) is 19.3 Å². The summed E-state index contributed by atoms with van der Waals surface area (Å²) in [5.74, 6) is -0.128. The van der Waals surface area contributed by atoms with Gasteiger partial charge in [-0.25, -0.2) is 17.8 Å². The van der Waals surface area contributed by atoms with Crippen LogP contribution in [0.3, 0.4) is 0 Å². The van der Waals surface area contributed by atoms with E-state index in [0.717, 1.165) is 24.8 Å². The summed E-state index contributed by atoms with van der Waals surface area (Å²) in [5, 5.41) is 4.24. The Labute approximate surface area is 141 Å². The lowest BCUT2D eigenvalue weighted by Gasteiger charge is -2.32. The minimum absolute atomic E-state index is 0.128. The number of aromatic nitrogens is 2. The average molecular weight is 348 g/mol. The maximum Gasteiger partial charge on any atom is 0.257 e. The van der Waals surface area contributed by atoms with Crippen LogP contribution in [0, 0.1) is 0 Å². The number of hydrogen-bond donors (Lipinski definition) is 1. The molecule has 128 valence electrons. The van der Waals surface area contributed by atoms with E-state index < -0.39 is 10.0 Å². The number of rotatable bonds is 4. The second-order valence-corrected chi connectivity index (χ2v) is 7.77. The number of benzene rings is 1. The largest absolute Gasteiger partial charge is 0.337 e. The van der Waals surface area contributed by atoms with Crippen LogP contribution in [0.2, 0.25) is 0 Å². The SMILES string of the molecule is CS(=O)(=O)N[C@H]1CCCN(C(=O)c2cnn(-c3ccccc3)c2)C1. The van der Waals surface area contributed by atoms with E-state index in [1.165, 1.54) is 0 Å². The smallest absolute Gasteiger partial charge is 0.257 e. The molecule has 0 saturated carbocycles. The Morgan fingerprint density at radius 1 is 1.29 bits per heavy atom. The van der Waals surface area contributed by atoms with E-state index >= 15 is 0 Å². The second-order valence-electron chi connectivity index (χ2n) is 5.99. The number of nitrogens with one attached hydrogen (secondary N) is 1. The Hall–Kier alpha value is -2.19. The van der Waals surface area contributed by atoms with Gasteiger partial charge in [0, 0.05) is 25.3 Å². The van der Waals surface area contributed by atoms with Crippen LogP contribution in [0.15, 0.2) is 42.7 Å². The monoisotopic (exact) mass is 348 g/mol. The molecule has 0 unspecified atom stereocenters. The predicted molar refractivity (Wildman–Crippen MR) is 90.5 cm³/mol. The first-order valence-corrected chi connectivity index (χ1v) is 9.68. The Bertz CT molecular complexity index is 817. The first-order chi connectivity index (χ1) is 11.4. The van der Waals surface area contributed by atoms with Crippen molar-refractivity contribution in [1.82, 2.24) is 19.4 Å². The van der Waals surface area contributed by atoms with Crippen LogP contribution in [0.4, 0.5) is 0 Å². The minimum Gasteiger partial charge on any atom is -0.337 e. The Morgan fingerprint density at radius 3 is 2.75 bits per heavy atom. The fourth-order valence-corrected chi connectivity index (χ4v) is 3.70. The van der Waals surface area contributed by atoms with E-state index in [9.17, 15) is 13.2 Å². The van der Waals surface area contributed by atoms with E-state index in [4.69, 9.17) is 0 Å². The summed E-state index contributed by atoms with van der Waals surface area (Å²) >= 11 is 0. The molecule has 0 spiro atoms. The summed E-state index contributed by atoms with van der Waals surface area (Å²) in [6.07, 6.45) is 5.89. The van der Waals surface area contributed by atoms with Crippen LogP contribution in [0.1, 0.15) is 23.2 Å². The number of carbonyl (C=O) groups excluding carboxylic acids is 1. The molecule has 1 aromatic carbocycles. The molecule has 1 fully saturated rings. The molecule has 2 heterocycles. The fraction of sp³-hybridized carbons (Fsp3) is 0.375. The van der Waals surface area contributed by atoms with Gasteiger partial charge in [0.15, 0.2) is 0 Å². The molecule has 24 heavy (non-hydrogen) atoms. The third-order valence-corrected chi connectivity index (χ3v) is 4.70. The quantitative estimate of drug-likeness (QED) is 0.894. The summed E-state index contributed by atoms with van der Waals surface area (Å²) < 4.78 is 27.0. The van der Waals surface area contributed by atoms with Crippen molar-refractivity contribution in [2.45, 2.75) is 18.9 Å². The standard InChI is InChI=1S/C16H20N4O3S/c1-24(22,23)18-14-6-5-9-19(12-14)16(21)13-10-17-20(11-13)15-7-3-2-4-8-15/h2-4,7-8,10-11,14,18H,5-6,9,12H2,1H3/t14-/m0/s1. The van der Waals surface area contributed by atoms with Gasteiger partial charge in [0.05, 0.1) is 23.7 Å². The van der Waals surface area contributed by atoms with Crippen LogP contribution in [-0.4, -0.2) is 54.4 Å². The van der Waals surface area contributed by atoms with Gasteiger partial charge in [0.25, 0.3) is 5.91 Å². The minimum atomic E-state index is -3.27. The van der Waals surface area contributed by atoms with Gasteiger partial charge in [-0.15, -0.1) is 0 Å². The van der Waals surface area contributed by atoms with E-state index in [1.807, 2.05) is 30.3 Å². The fourth-order valence-electron chi connectivity index (χ4n) is 2.90. The molecule has 3 rings (SSSR count). The van der Waals surface area contributed by atoms with Gasteiger partial charge in [0.2, 0.25) is 10.0 Å². The molecule has 1 amide bonds. The normalized spacial score (nSPS) is 18.5. The molecule has 1 saturated heterocycles. The highest BCUT2D eigenvalue weighted by atomic mass is 32.2. The number of piperidine rings is 1. The summed E-state index contributed by atoms with van der Waals surface area (Å²) in [7, 11) is -3.27. The van der Waals surface area contributed by atoms with E-state index in [2.05, 4.69) is 9.82 Å². The van der Waals surface area contributed by atoms with Crippen LogP contribution >= 0.6 is 0 Å². The Balaban J connectivity index is 1.71. The van der Waals surface area contributed by atoms with Crippen LogP contribution in [0.5, 0.6) is 0 Å². The molecule has 1 aliphatic heterocycles. The van der Waals surface area contributed by atoms with Gasteiger partial charge in [-0.05, 0) is 25.0 Å². The third kappa shape index (κ3) is 4.01. The first-order valence-electron chi connectivity index (χ1n) is 7.79. The average Bonchev–Trinajstić information content (AvgIpc) is 3.03. The highest BCUT2D eigenvalue weighted by molar-refractivity contribution is 7.88. The first kappa shape index (κ1) is 16.7. The number of hydrogen-bond acceptors (Lipinski definition) is 4. The number of nitrogens with zero attached hydrogens (tertiary/aromatic N) is 3. The zero-order valence-corrected chi connectivity index (χ0v) is 14.2. The second kappa shape index (κ2) is 6.74. The maximum absolute atomic E-state index is 12.7. The summed E-state index contributed by atoms with van der Waals surface area (Å²) in [4.78, 5) is 14.3. The van der Waals surface area contributed by atoms with Crippen molar-refractivity contribution in [2.24, 2.45) is 0 Å². The molecule has 1 N–H and O–H groups in total. The van der Waals surface area contributed by atoms with Gasteiger partial charge in [-0.3, -0.25) is 4.79 Å². The molecule has 0 bridgehead atoms. The van der Waals surface area contributed by atoms with Crippen molar-refractivity contribution in [3.05, 3.63) is 48.3 Å². The summed E-state index contributed by atoms with van der Waals surface area (Å²) in [5.41, 5.74) is 1.38. The van der Waals surface area contributed by atoms with Crippen molar-refractivity contribution >= 4 is 15.9 Å². The van der Waals surface area contributed by atoms with Crippen molar-refractivity contribution in [3.8, 4) is 5.69 Å². The predicted octanol–water partition coefficient (Wildman–Crippen LogP) is 1.03. The lowest BCUT2D eigenvalue weighted by molar-refractivity contribution is 0.0703. The van der Waals surface area contributed by atoms with Crippen molar-refractivity contribution < 1.29 is 13.2 Å². The Morgan fingerprint density at radius 2 is 2.04 bits per heavy atom. The van der Waals surface area contributed by atoms with Crippen LogP contribution in [0.25, 0.3) is 5.69 Å². The molecule has 2 aromatic rings. The number of carbonyl (C=O) groups is 1. The zero-order valence-electron chi connectivity index (χ0n) is 13.4. The number of amides is 1. The summed E-state index contributed by atoms with van der Waals surface area (Å²) in [6.45, 7) is 1.000. The molecule has 8 heteroatoms. The van der Waals surface area contributed by atoms with Crippen LogP contribution in [-0.2, 0) is 10.0 Å². The van der Waals surface area contributed by atoms with Crippen molar-refractivity contribution in [1.29, 1.82) is 0 Å².